The van der Waals surface area contributed by atoms with Crippen molar-refractivity contribution >= 4 is 11.6 Å². The van der Waals surface area contributed by atoms with Crippen LogP contribution < -0.4 is 0 Å². The lowest BCUT2D eigenvalue weighted by Crippen LogP contribution is -2.36. The van der Waals surface area contributed by atoms with E-state index in [-0.39, 0.29) is 5.91 Å². The first-order valence-corrected chi connectivity index (χ1v) is 7.12. The summed E-state index contributed by atoms with van der Waals surface area (Å²) in [6.07, 6.45) is 2.83. The third-order valence-electron chi connectivity index (χ3n) is 3.98. The molecule has 0 unspecified atom stereocenters. The average Bonchev–Trinajstić information content (AvgIpc) is 2.93. The molecule has 0 aliphatic carbocycles. The van der Waals surface area contributed by atoms with E-state index in [2.05, 4.69) is 9.38 Å². The van der Waals surface area contributed by atoms with Crippen LogP contribution in [0.4, 0.5) is 0 Å². The van der Waals surface area contributed by atoms with Gasteiger partial charge >= 0.3 is 0 Å². The van der Waals surface area contributed by atoms with E-state index in [0.29, 0.717) is 6.54 Å². The number of hydrogen-bond donors (Lipinski definition) is 0. The SMILES string of the molecule is O=C(c1ccccc1)N1CCc2nc3ccccn3c2C1. The molecule has 0 atom stereocenters. The number of carbonyl (C=O) groups excluding carboxylic acids is 1. The third-order valence-corrected chi connectivity index (χ3v) is 3.98. The number of fused-ring (bicyclic) bond motifs is 3. The van der Waals surface area contributed by atoms with Crippen molar-refractivity contribution < 1.29 is 4.79 Å². The second kappa shape index (κ2) is 4.74. The highest BCUT2D eigenvalue weighted by atomic mass is 16.2. The van der Waals surface area contributed by atoms with Crippen molar-refractivity contribution in [2.75, 3.05) is 6.54 Å². The first-order valence-electron chi connectivity index (χ1n) is 7.12. The largest absolute Gasteiger partial charge is 0.332 e. The highest BCUT2D eigenvalue weighted by Crippen LogP contribution is 2.21. The zero-order valence-corrected chi connectivity index (χ0v) is 11.6. The molecule has 3 aromatic rings. The van der Waals surface area contributed by atoms with Gasteiger partial charge in [-0.05, 0) is 24.3 Å². The van der Waals surface area contributed by atoms with E-state index in [1.807, 2.05) is 59.6 Å². The van der Waals surface area contributed by atoms with Gasteiger partial charge in [0.05, 0.1) is 17.9 Å². The topological polar surface area (TPSA) is 37.6 Å². The van der Waals surface area contributed by atoms with Crippen molar-refractivity contribution in [1.82, 2.24) is 14.3 Å². The molecule has 104 valence electrons. The maximum absolute atomic E-state index is 12.6. The van der Waals surface area contributed by atoms with Crippen molar-refractivity contribution in [3.63, 3.8) is 0 Å². The molecule has 0 N–H and O–H groups in total. The predicted octanol–water partition coefficient (Wildman–Crippen LogP) is 2.53. The Labute approximate surface area is 122 Å². The molecule has 0 fully saturated rings. The van der Waals surface area contributed by atoms with E-state index in [0.717, 1.165) is 35.6 Å². The van der Waals surface area contributed by atoms with Gasteiger partial charge < -0.3 is 9.30 Å². The smallest absolute Gasteiger partial charge is 0.254 e. The summed E-state index contributed by atoms with van der Waals surface area (Å²) in [5.74, 6) is 0.0899. The molecule has 3 heterocycles. The monoisotopic (exact) mass is 277 g/mol. The molecule has 4 nitrogen and oxygen atoms in total. The molecule has 1 aromatic carbocycles. The average molecular weight is 277 g/mol. The highest BCUT2D eigenvalue weighted by Gasteiger charge is 2.25. The molecule has 1 aliphatic heterocycles. The van der Waals surface area contributed by atoms with Crippen LogP contribution in [-0.4, -0.2) is 26.7 Å². The van der Waals surface area contributed by atoms with Crippen molar-refractivity contribution in [2.24, 2.45) is 0 Å². The van der Waals surface area contributed by atoms with E-state index in [4.69, 9.17) is 0 Å². The number of aromatic nitrogens is 2. The minimum absolute atomic E-state index is 0.0899. The maximum atomic E-state index is 12.6. The second-order valence-electron chi connectivity index (χ2n) is 5.28. The maximum Gasteiger partial charge on any atom is 0.254 e. The van der Waals surface area contributed by atoms with Crippen LogP contribution in [0, 0.1) is 0 Å². The molecule has 4 rings (SSSR count). The van der Waals surface area contributed by atoms with E-state index in [1.54, 1.807) is 0 Å². The number of imidazole rings is 1. The summed E-state index contributed by atoms with van der Waals surface area (Å²) in [4.78, 5) is 19.1. The number of carbonyl (C=O) groups is 1. The molecule has 0 saturated carbocycles. The van der Waals surface area contributed by atoms with Crippen molar-refractivity contribution in [3.05, 3.63) is 71.7 Å². The highest BCUT2D eigenvalue weighted by molar-refractivity contribution is 5.94. The molecular weight excluding hydrogens is 262 g/mol. The number of pyridine rings is 1. The van der Waals surface area contributed by atoms with Crippen LogP contribution in [0.1, 0.15) is 21.7 Å². The Bertz CT molecular complexity index is 807. The van der Waals surface area contributed by atoms with Crippen LogP contribution in [-0.2, 0) is 13.0 Å². The van der Waals surface area contributed by atoms with Crippen molar-refractivity contribution in [2.45, 2.75) is 13.0 Å². The standard InChI is InChI=1S/C17H15N3O/c21-17(13-6-2-1-3-7-13)19-11-9-14-15(12-19)20-10-5-4-8-16(20)18-14/h1-8,10H,9,11-12H2. The van der Waals surface area contributed by atoms with E-state index in [9.17, 15) is 4.79 Å². The zero-order chi connectivity index (χ0) is 14.2. The van der Waals surface area contributed by atoms with E-state index < -0.39 is 0 Å². The fraction of sp³-hybridized carbons (Fsp3) is 0.176. The third kappa shape index (κ3) is 2.00. The number of rotatable bonds is 1. The quantitative estimate of drug-likeness (QED) is 0.685. The lowest BCUT2D eigenvalue weighted by atomic mass is 10.1. The number of hydrogen-bond acceptors (Lipinski definition) is 2. The Kier molecular flexibility index (Phi) is 2.74. The van der Waals surface area contributed by atoms with Crippen molar-refractivity contribution in [3.8, 4) is 0 Å². The van der Waals surface area contributed by atoms with Gasteiger partial charge in [0.15, 0.2) is 0 Å². The number of benzene rings is 1. The fourth-order valence-electron chi connectivity index (χ4n) is 2.90. The van der Waals surface area contributed by atoms with Crippen LogP contribution >= 0.6 is 0 Å². The second-order valence-corrected chi connectivity index (χ2v) is 5.28. The predicted molar refractivity (Wildman–Crippen MR) is 80.1 cm³/mol. The van der Waals surface area contributed by atoms with Gasteiger partial charge in [0, 0.05) is 24.7 Å². The lowest BCUT2D eigenvalue weighted by Gasteiger charge is -2.26. The molecule has 21 heavy (non-hydrogen) atoms. The van der Waals surface area contributed by atoms with Crippen LogP contribution in [0.3, 0.4) is 0 Å². The molecule has 4 heteroatoms. The Hall–Kier alpha value is -2.62. The van der Waals surface area contributed by atoms with Gasteiger partial charge in [-0.25, -0.2) is 4.98 Å². The molecule has 1 amide bonds. The van der Waals surface area contributed by atoms with Gasteiger partial charge in [-0.3, -0.25) is 4.79 Å². The van der Waals surface area contributed by atoms with Crippen LogP contribution in [0.5, 0.6) is 0 Å². The van der Waals surface area contributed by atoms with Gasteiger partial charge in [-0.1, -0.05) is 24.3 Å². The van der Waals surface area contributed by atoms with Crippen molar-refractivity contribution in [1.29, 1.82) is 0 Å². The summed E-state index contributed by atoms with van der Waals surface area (Å²) in [7, 11) is 0. The summed E-state index contributed by atoms with van der Waals surface area (Å²) in [6, 6.07) is 15.4. The summed E-state index contributed by atoms with van der Waals surface area (Å²) >= 11 is 0. The summed E-state index contributed by atoms with van der Waals surface area (Å²) in [5.41, 5.74) is 3.94. The first kappa shape index (κ1) is 12.1. The fourth-order valence-corrected chi connectivity index (χ4v) is 2.90. The molecular formula is C17H15N3O. The van der Waals surface area contributed by atoms with Crippen LogP contribution in [0.15, 0.2) is 54.7 Å². The summed E-state index contributed by atoms with van der Waals surface area (Å²) < 4.78 is 2.08. The lowest BCUT2D eigenvalue weighted by molar-refractivity contribution is 0.0731. The van der Waals surface area contributed by atoms with Crippen LogP contribution in [0.25, 0.3) is 5.65 Å². The van der Waals surface area contributed by atoms with Gasteiger partial charge in [0.25, 0.3) is 5.91 Å². The molecule has 0 saturated heterocycles. The zero-order valence-electron chi connectivity index (χ0n) is 11.6. The first-order chi connectivity index (χ1) is 10.3. The normalized spacial score (nSPS) is 14.2. The summed E-state index contributed by atoms with van der Waals surface area (Å²) in [5, 5.41) is 0. The Balaban J connectivity index is 1.69. The minimum Gasteiger partial charge on any atom is -0.332 e. The molecule has 0 radical (unpaired) electrons. The van der Waals surface area contributed by atoms with E-state index >= 15 is 0 Å². The Morgan fingerprint density at radius 2 is 1.86 bits per heavy atom. The molecule has 0 bridgehead atoms. The Morgan fingerprint density at radius 1 is 1.05 bits per heavy atom. The van der Waals surface area contributed by atoms with Gasteiger partial charge in [-0.15, -0.1) is 0 Å². The molecule has 0 spiro atoms. The number of amides is 1. The minimum atomic E-state index is 0.0899. The number of nitrogens with zero attached hydrogens (tertiary/aromatic N) is 3. The molecule has 2 aromatic heterocycles. The van der Waals surface area contributed by atoms with Gasteiger partial charge in [-0.2, -0.15) is 0 Å². The van der Waals surface area contributed by atoms with Crippen LogP contribution in [0.2, 0.25) is 0 Å². The van der Waals surface area contributed by atoms with Gasteiger partial charge in [0.1, 0.15) is 5.65 Å². The Morgan fingerprint density at radius 3 is 2.71 bits per heavy atom. The summed E-state index contributed by atoms with van der Waals surface area (Å²) in [6.45, 7) is 1.35. The van der Waals surface area contributed by atoms with E-state index in [1.165, 1.54) is 0 Å². The molecule has 1 aliphatic rings. The van der Waals surface area contributed by atoms with Gasteiger partial charge in [0.2, 0.25) is 0 Å².